The van der Waals surface area contributed by atoms with E-state index >= 15 is 0 Å². The largest absolute Gasteiger partial charge is 0.497 e. The maximum absolute atomic E-state index is 12.3. The van der Waals surface area contributed by atoms with Gasteiger partial charge in [0.2, 0.25) is 0 Å². The highest BCUT2D eigenvalue weighted by molar-refractivity contribution is 7.80. The lowest BCUT2D eigenvalue weighted by molar-refractivity contribution is 0.102. The molecular formula is C16H16N2O2S. The summed E-state index contributed by atoms with van der Waals surface area (Å²) in [5.41, 5.74) is 8.45. The fourth-order valence-electron chi connectivity index (χ4n) is 2.06. The van der Waals surface area contributed by atoms with Gasteiger partial charge < -0.3 is 15.8 Å². The van der Waals surface area contributed by atoms with Gasteiger partial charge in [0.1, 0.15) is 10.7 Å². The van der Waals surface area contributed by atoms with Crippen LogP contribution in [0.4, 0.5) is 5.69 Å². The summed E-state index contributed by atoms with van der Waals surface area (Å²) in [6.45, 7) is 1.90. The lowest BCUT2D eigenvalue weighted by atomic mass is 10.1. The monoisotopic (exact) mass is 300 g/mol. The summed E-state index contributed by atoms with van der Waals surface area (Å²) in [5, 5.41) is 2.84. The number of carbonyl (C=O) groups is 1. The first kappa shape index (κ1) is 15.0. The molecule has 0 aliphatic heterocycles. The second-order valence-corrected chi connectivity index (χ2v) is 4.99. The van der Waals surface area contributed by atoms with Crippen LogP contribution in [0.1, 0.15) is 21.5 Å². The third-order valence-corrected chi connectivity index (χ3v) is 3.30. The zero-order valence-corrected chi connectivity index (χ0v) is 12.7. The van der Waals surface area contributed by atoms with E-state index in [0.29, 0.717) is 22.6 Å². The summed E-state index contributed by atoms with van der Waals surface area (Å²) in [6.07, 6.45) is 0. The minimum absolute atomic E-state index is 0.239. The Hall–Kier alpha value is -2.40. The van der Waals surface area contributed by atoms with Gasteiger partial charge in [-0.1, -0.05) is 30.4 Å². The van der Waals surface area contributed by atoms with Crippen LogP contribution in [-0.4, -0.2) is 18.0 Å². The Morgan fingerprint density at radius 1 is 1.24 bits per heavy atom. The van der Waals surface area contributed by atoms with E-state index < -0.39 is 0 Å². The SMILES string of the molecule is COc1cccc(C(=O)Nc2cccc(C)c2C(N)=S)c1. The number of carbonyl (C=O) groups excluding carboxylic acids is 1. The van der Waals surface area contributed by atoms with Gasteiger partial charge in [0.15, 0.2) is 0 Å². The summed E-state index contributed by atoms with van der Waals surface area (Å²) in [5.74, 6) is 0.387. The van der Waals surface area contributed by atoms with E-state index in [-0.39, 0.29) is 10.9 Å². The van der Waals surface area contributed by atoms with Gasteiger partial charge in [0, 0.05) is 11.1 Å². The minimum Gasteiger partial charge on any atom is -0.497 e. The Balaban J connectivity index is 2.31. The fourth-order valence-corrected chi connectivity index (χ4v) is 2.33. The summed E-state index contributed by atoms with van der Waals surface area (Å²) in [7, 11) is 1.56. The van der Waals surface area contributed by atoms with Crippen LogP contribution in [0.3, 0.4) is 0 Å². The topological polar surface area (TPSA) is 64.3 Å². The Morgan fingerprint density at radius 2 is 1.95 bits per heavy atom. The third-order valence-electron chi connectivity index (χ3n) is 3.10. The Morgan fingerprint density at radius 3 is 2.62 bits per heavy atom. The number of rotatable bonds is 4. The van der Waals surface area contributed by atoms with Gasteiger partial charge in [-0.05, 0) is 36.8 Å². The van der Waals surface area contributed by atoms with Gasteiger partial charge in [-0.15, -0.1) is 0 Å². The average Bonchev–Trinajstić information content (AvgIpc) is 2.47. The molecule has 2 aromatic rings. The molecule has 1 amide bonds. The third kappa shape index (κ3) is 3.38. The molecule has 0 heterocycles. The second kappa shape index (κ2) is 6.37. The molecule has 2 aromatic carbocycles. The number of aryl methyl sites for hydroxylation is 1. The maximum Gasteiger partial charge on any atom is 0.255 e. The normalized spacial score (nSPS) is 10.0. The number of anilines is 1. The summed E-state index contributed by atoms with van der Waals surface area (Å²) < 4.78 is 5.12. The zero-order valence-electron chi connectivity index (χ0n) is 11.8. The molecule has 21 heavy (non-hydrogen) atoms. The first-order valence-electron chi connectivity index (χ1n) is 6.37. The number of thiocarbonyl (C=S) groups is 1. The molecule has 0 atom stereocenters. The molecule has 5 heteroatoms. The molecule has 3 N–H and O–H groups in total. The molecule has 0 aliphatic carbocycles. The van der Waals surface area contributed by atoms with Gasteiger partial charge in [-0.3, -0.25) is 4.79 Å². The molecule has 0 fully saturated rings. The number of amides is 1. The van der Waals surface area contributed by atoms with Crippen molar-refractivity contribution in [3.8, 4) is 5.75 Å². The van der Waals surface area contributed by atoms with Crippen molar-refractivity contribution in [2.24, 2.45) is 5.73 Å². The lowest BCUT2D eigenvalue weighted by Crippen LogP contribution is -2.18. The van der Waals surface area contributed by atoms with Crippen LogP contribution in [0.2, 0.25) is 0 Å². The van der Waals surface area contributed by atoms with E-state index in [0.717, 1.165) is 5.56 Å². The number of nitrogens with one attached hydrogen (secondary N) is 1. The summed E-state index contributed by atoms with van der Waals surface area (Å²) >= 11 is 5.05. The van der Waals surface area contributed by atoms with Crippen LogP contribution in [0.15, 0.2) is 42.5 Å². The van der Waals surface area contributed by atoms with Gasteiger partial charge in [-0.25, -0.2) is 0 Å². The Kier molecular flexibility index (Phi) is 4.55. The van der Waals surface area contributed by atoms with E-state index in [1.807, 2.05) is 19.1 Å². The Bertz CT molecular complexity index is 698. The molecule has 0 saturated heterocycles. The zero-order chi connectivity index (χ0) is 15.4. The molecule has 0 aromatic heterocycles. The van der Waals surface area contributed by atoms with E-state index in [9.17, 15) is 4.79 Å². The van der Waals surface area contributed by atoms with E-state index in [2.05, 4.69) is 5.32 Å². The highest BCUT2D eigenvalue weighted by atomic mass is 32.1. The molecule has 2 rings (SSSR count). The van der Waals surface area contributed by atoms with E-state index in [1.165, 1.54) is 0 Å². The van der Waals surface area contributed by atoms with Gasteiger partial charge >= 0.3 is 0 Å². The van der Waals surface area contributed by atoms with E-state index in [4.69, 9.17) is 22.7 Å². The molecule has 0 spiro atoms. The van der Waals surface area contributed by atoms with E-state index in [1.54, 1.807) is 37.4 Å². The van der Waals surface area contributed by atoms with Gasteiger partial charge in [0.25, 0.3) is 5.91 Å². The highest BCUT2D eigenvalue weighted by Gasteiger charge is 2.12. The molecule has 4 nitrogen and oxygen atoms in total. The second-order valence-electron chi connectivity index (χ2n) is 4.55. The quantitative estimate of drug-likeness (QED) is 0.852. The summed E-state index contributed by atoms with van der Waals surface area (Å²) in [6, 6.07) is 12.5. The van der Waals surface area contributed by atoms with Crippen LogP contribution in [0.5, 0.6) is 5.75 Å². The van der Waals surface area contributed by atoms with Crippen LogP contribution in [0, 0.1) is 6.92 Å². The number of benzene rings is 2. The van der Waals surface area contributed by atoms with Crippen LogP contribution < -0.4 is 15.8 Å². The molecular weight excluding hydrogens is 284 g/mol. The van der Waals surface area contributed by atoms with Crippen LogP contribution in [0.25, 0.3) is 0 Å². The first-order chi connectivity index (χ1) is 10.0. The van der Waals surface area contributed by atoms with Crippen molar-refractivity contribution >= 4 is 28.8 Å². The van der Waals surface area contributed by atoms with Gasteiger partial charge in [-0.2, -0.15) is 0 Å². The highest BCUT2D eigenvalue weighted by Crippen LogP contribution is 2.21. The standard InChI is InChI=1S/C16H16N2O2S/c1-10-5-3-8-13(14(10)15(17)21)18-16(19)11-6-4-7-12(9-11)20-2/h3-9H,1-2H3,(H2,17,21)(H,18,19). The van der Waals surface area contributed by atoms with Gasteiger partial charge in [0.05, 0.1) is 12.8 Å². The molecule has 0 saturated carbocycles. The van der Waals surface area contributed by atoms with Crippen molar-refractivity contribution in [3.05, 3.63) is 59.2 Å². The number of ether oxygens (including phenoxy) is 1. The molecule has 0 unspecified atom stereocenters. The van der Waals surface area contributed by atoms with Crippen molar-refractivity contribution < 1.29 is 9.53 Å². The molecule has 0 aliphatic rings. The maximum atomic E-state index is 12.3. The lowest BCUT2D eigenvalue weighted by Gasteiger charge is -2.13. The molecule has 108 valence electrons. The van der Waals surface area contributed by atoms with Crippen molar-refractivity contribution in [2.75, 3.05) is 12.4 Å². The summed E-state index contributed by atoms with van der Waals surface area (Å²) in [4.78, 5) is 12.6. The molecule has 0 bridgehead atoms. The number of hydrogen-bond acceptors (Lipinski definition) is 3. The number of nitrogens with two attached hydrogens (primary N) is 1. The van der Waals surface area contributed by atoms with Crippen molar-refractivity contribution in [1.82, 2.24) is 0 Å². The fraction of sp³-hybridized carbons (Fsp3) is 0.125. The predicted octanol–water partition coefficient (Wildman–Crippen LogP) is 2.89. The number of hydrogen-bond donors (Lipinski definition) is 2. The van der Waals surface area contributed by atoms with Crippen molar-refractivity contribution in [1.29, 1.82) is 0 Å². The average molecular weight is 300 g/mol. The molecule has 0 radical (unpaired) electrons. The Labute approximate surface area is 128 Å². The predicted molar refractivity (Wildman–Crippen MR) is 88.0 cm³/mol. The van der Waals surface area contributed by atoms with Crippen LogP contribution in [-0.2, 0) is 0 Å². The van der Waals surface area contributed by atoms with Crippen molar-refractivity contribution in [2.45, 2.75) is 6.92 Å². The first-order valence-corrected chi connectivity index (χ1v) is 6.78. The van der Waals surface area contributed by atoms with Crippen LogP contribution >= 0.6 is 12.2 Å². The minimum atomic E-state index is -0.239. The smallest absolute Gasteiger partial charge is 0.255 e. The number of methoxy groups -OCH3 is 1. The van der Waals surface area contributed by atoms with Crippen molar-refractivity contribution in [3.63, 3.8) is 0 Å².